The van der Waals surface area contributed by atoms with Crippen LogP contribution in [0.4, 0.5) is 0 Å². The predicted octanol–water partition coefficient (Wildman–Crippen LogP) is 10.4. The van der Waals surface area contributed by atoms with Crippen LogP contribution in [-0.2, 0) is 4.79 Å². The number of nitrogens with zero attached hydrogens (tertiary/aromatic N) is 1. The highest BCUT2D eigenvalue weighted by molar-refractivity contribution is 8.13. The molecule has 7 heteroatoms. The van der Waals surface area contributed by atoms with Crippen LogP contribution in [0.2, 0.25) is 25.7 Å². The van der Waals surface area contributed by atoms with Crippen LogP contribution >= 0.6 is 23.5 Å². The third-order valence-corrected chi connectivity index (χ3v) is 11.0. The molecule has 0 radical (unpaired) electrons. The number of nitriles is 1. The molecule has 0 aliphatic rings. The van der Waals surface area contributed by atoms with Crippen molar-refractivity contribution in [1.29, 1.82) is 5.26 Å². The van der Waals surface area contributed by atoms with Gasteiger partial charge in [-0.2, -0.15) is 5.26 Å². The van der Waals surface area contributed by atoms with Gasteiger partial charge in [0, 0.05) is 53.1 Å². The molecule has 0 aromatic heterocycles. The second kappa shape index (κ2) is 18.3. The lowest BCUT2D eigenvalue weighted by atomic mass is 10.0. The molecule has 0 aliphatic heterocycles. The fourth-order valence-electron chi connectivity index (χ4n) is 4.58. The van der Waals surface area contributed by atoms with Crippen molar-refractivity contribution in [3.63, 3.8) is 0 Å². The van der Waals surface area contributed by atoms with Crippen molar-refractivity contribution in [2.24, 2.45) is 0 Å². The zero-order valence-electron chi connectivity index (χ0n) is 29.0. The third-order valence-electron chi connectivity index (χ3n) is 7.11. The first kappa shape index (κ1) is 37.2. The third kappa shape index (κ3) is 12.1. The lowest BCUT2D eigenvalue weighted by molar-refractivity contribution is -0.109. The standard InChI is InChI=1S/C42H41NO3S2Si/c1-7-45-41-29-37(42(46-8-2)28-36(41)20-13-34-16-23-40(24-17-34)48-31(3)44)27-38(30-43)35-18-11-32(12-19-35)9-10-33-14-21-39(22-15-33)47-25-26-49(4,5)6/h11-12,14-19,21-24,27-29H,7-8,25-26H2,1-6H3/b38-27+. The zero-order chi connectivity index (χ0) is 35.2. The zero-order valence-corrected chi connectivity index (χ0v) is 31.6. The Morgan fingerprint density at radius 2 is 1.29 bits per heavy atom. The number of ether oxygens (including phenoxy) is 2. The predicted molar refractivity (Wildman–Crippen MR) is 209 cm³/mol. The molecule has 0 heterocycles. The molecule has 4 aromatic rings. The smallest absolute Gasteiger partial charge is 0.190 e. The van der Waals surface area contributed by atoms with Crippen molar-refractivity contribution in [2.75, 3.05) is 19.0 Å². The van der Waals surface area contributed by atoms with Gasteiger partial charge in [0.15, 0.2) is 5.12 Å². The number of hydrogen-bond donors (Lipinski definition) is 0. The van der Waals surface area contributed by atoms with Crippen molar-refractivity contribution >= 4 is 48.4 Å². The van der Waals surface area contributed by atoms with Crippen LogP contribution in [-0.4, -0.2) is 32.2 Å². The van der Waals surface area contributed by atoms with Crippen LogP contribution in [0.25, 0.3) is 11.6 Å². The first-order chi connectivity index (χ1) is 23.6. The quantitative estimate of drug-likeness (QED) is 0.0511. The van der Waals surface area contributed by atoms with Crippen molar-refractivity contribution in [2.45, 2.75) is 56.2 Å². The Kier molecular flexibility index (Phi) is 13.9. The Morgan fingerprint density at radius 1 is 0.755 bits per heavy atom. The molecule has 0 spiro atoms. The van der Waals surface area contributed by atoms with Gasteiger partial charge in [0.1, 0.15) is 11.5 Å². The summed E-state index contributed by atoms with van der Waals surface area (Å²) < 4.78 is 12.0. The molecule has 4 rings (SSSR count). The average Bonchev–Trinajstić information content (AvgIpc) is 3.07. The minimum Gasteiger partial charge on any atom is -0.493 e. The van der Waals surface area contributed by atoms with Gasteiger partial charge in [0.2, 0.25) is 0 Å². The van der Waals surface area contributed by atoms with Crippen LogP contribution in [0.3, 0.4) is 0 Å². The van der Waals surface area contributed by atoms with E-state index < -0.39 is 8.07 Å². The molecule has 0 saturated heterocycles. The second-order valence-electron chi connectivity index (χ2n) is 12.3. The summed E-state index contributed by atoms with van der Waals surface area (Å²) in [6, 6.07) is 31.1. The fourth-order valence-corrected chi connectivity index (χ4v) is 8.60. The molecule has 0 atom stereocenters. The number of allylic oxidation sites excluding steroid dienone is 1. The lowest BCUT2D eigenvalue weighted by Gasteiger charge is -2.14. The Hall–Kier alpha value is -4.58. The topological polar surface area (TPSA) is 59.3 Å². The molecule has 0 bridgehead atoms. The highest BCUT2D eigenvalue weighted by Gasteiger charge is 2.13. The summed E-state index contributed by atoms with van der Waals surface area (Å²) in [5.74, 6) is 15.3. The van der Waals surface area contributed by atoms with Gasteiger partial charge in [-0.25, -0.2) is 0 Å². The average molecular weight is 700 g/mol. The van der Waals surface area contributed by atoms with Gasteiger partial charge in [0.05, 0.1) is 30.4 Å². The minimum absolute atomic E-state index is 0.0402. The van der Waals surface area contributed by atoms with Crippen LogP contribution in [0.15, 0.2) is 94.7 Å². The second-order valence-corrected chi connectivity index (χ2v) is 20.3. The Labute approximate surface area is 301 Å². The number of carbonyl (C=O) groups excluding carboxylic acids is 1. The molecule has 0 fully saturated rings. The van der Waals surface area contributed by atoms with Crippen molar-refractivity contribution in [1.82, 2.24) is 0 Å². The van der Waals surface area contributed by atoms with Crippen LogP contribution in [0, 0.1) is 35.0 Å². The van der Waals surface area contributed by atoms with E-state index in [0.29, 0.717) is 35.8 Å². The van der Waals surface area contributed by atoms with Crippen LogP contribution in [0.5, 0.6) is 11.5 Å². The molecule has 4 nitrogen and oxygen atoms in total. The van der Waals surface area contributed by atoms with E-state index >= 15 is 0 Å². The van der Waals surface area contributed by atoms with Gasteiger partial charge in [-0.1, -0.05) is 67.2 Å². The van der Waals surface area contributed by atoms with E-state index in [1.165, 1.54) is 22.7 Å². The Balaban J connectivity index is 1.54. The molecule has 4 aromatic carbocycles. The van der Waals surface area contributed by atoms with Crippen LogP contribution < -0.4 is 9.47 Å². The van der Waals surface area contributed by atoms with Gasteiger partial charge in [-0.15, -0.1) is 11.8 Å². The number of benzene rings is 4. The highest BCUT2D eigenvalue weighted by atomic mass is 32.2. The summed E-state index contributed by atoms with van der Waals surface area (Å²) in [7, 11) is -1.02. The van der Waals surface area contributed by atoms with E-state index in [2.05, 4.69) is 73.7 Å². The maximum atomic E-state index is 11.4. The highest BCUT2D eigenvalue weighted by Crippen LogP contribution is 2.32. The summed E-state index contributed by atoms with van der Waals surface area (Å²) in [4.78, 5) is 13.6. The van der Waals surface area contributed by atoms with E-state index in [0.717, 1.165) is 38.5 Å². The molecule has 0 aliphatic carbocycles. The largest absolute Gasteiger partial charge is 0.493 e. The molecule has 0 amide bonds. The summed E-state index contributed by atoms with van der Waals surface area (Å²) in [5, 5.41) is 10.2. The number of thioether (sulfide) groups is 2. The fraction of sp³-hybridized carbons (Fsp3) is 0.238. The van der Waals surface area contributed by atoms with E-state index in [1.54, 1.807) is 6.92 Å². The molecule has 248 valence electrons. The van der Waals surface area contributed by atoms with Gasteiger partial charge in [0.25, 0.3) is 0 Å². The summed E-state index contributed by atoms with van der Waals surface area (Å²) in [6.45, 7) is 13.5. The minimum atomic E-state index is -1.02. The summed E-state index contributed by atoms with van der Waals surface area (Å²) in [5.41, 5.74) is 5.34. The van der Waals surface area contributed by atoms with Crippen molar-refractivity contribution in [3.05, 3.63) is 118 Å². The molecule has 0 N–H and O–H groups in total. The SMILES string of the molecule is CCOc1cc(/C=C(\C#N)c2ccc(C#Cc3ccc(SCC[Si](C)(C)C)cc3)cc2)c(OCC)cc1C#Cc1ccc(SC(C)=O)cc1. The van der Waals surface area contributed by atoms with Gasteiger partial charge >= 0.3 is 0 Å². The number of rotatable bonds is 11. The molecular formula is C42H41NO3S2Si. The van der Waals surface area contributed by atoms with E-state index in [-0.39, 0.29) is 5.12 Å². The lowest BCUT2D eigenvalue weighted by Crippen LogP contribution is -2.19. The van der Waals surface area contributed by atoms with Gasteiger partial charge in [-0.05, 0) is 104 Å². The van der Waals surface area contributed by atoms with Crippen LogP contribution in [0.1, 0.15) is 54.2 Å². The van der Waals surface area contributed by atoms with Gasteiger partial charge in [-0.3, -0.25) is 4.79 Å². The van der Waals surface area contributed by atoms with Crippen molar-refractivity contribution < 1.29 is 14.3 Å². The Bertz CT molecular complexity index is 1950. The first-order valence-electron chi connectivity index (χ1n) is 16.3. The molecule has 0 saturated carbocycles. The monoisotopic (exact) mass is 699 g/mol. The van der Waals surface area contributed by atoms with E-state index in [4.69, 9.17) is 9.47 Å². The number of carbonyl (C=O) groups is 1. The summed E-state index contributed by atoms with van der Waals surface area (Å²) >= 11 is 3.10. The maximum Gasteiger partial charge on any atom is 0.190 e. The normalized spacial score (nSPS) is 11.0. The molecular weight excluding hydrogens is 659 g/mol. The molecule has 0 unspecified atom stereocenters. The van der Waals surface area contributed by atoms with E-state index in [1.807, 2.05) is 92.3 Å². The maximum absolute atomic E-state index is 11.4. The molecule has 49 heavy (non-hydrogen) atoms. The van der Waals surface area contributed by atoms with Crippen molar-refractivity contribution in [3.8, 4) is 41.2 Å². The number of hydrogen-bond acceptors (Lipinski definition) is 6. The van der Waals surface area contributed by atoms with Gasteiger partial charge < -0.3 is 9.47 Å². The Morgan fingerprint density at radius 3 is 1.82 bits per heavy atom. The summed E-state index contributed by atoms with van der Waals surface area (Å²) in [6.07, 6.45) is 1.82. The van der Waals surface area contributed by atoms with E-state index in [9.17, 15) is 10.1 Å². The first-order valence-corrected chi connectivity index (χ1v) is 21.8.